The molecule has 0 fully saturated rings. The van der Waals surface area contributed by atoms with Crippen LogP contribution in [-0.2, 0) is 26.2 Å². The topological polar surface area (TPSA) is 86.8 Å². The van der Waals surface area contributed by atoms with E-state index in [-0.39, 0.29) is 12.5 Å². The van der Waals surface area contributed by atoms with Crippen molar-refractivity contribution >= 4 is 43.5 Å². The van der Waals surface area contributed by atoms with Gasteiger partial charge in [0.15, 0.2) is 0 Å². The molecule has 7 nitrogen and oxygen atoms in total. The van der Waals surface area contributed by atoms with Crippen molar-refractivity contribution in [1.82, 2.24) is 10.2 Å². The third-order valence-electron chi connectivity index (χ3n) is 4.40. The molecule has 0 aliphatic rings. The third kappa shape index (κ3) is 6.30. The monoisotopic (exact) mass is 481 g/mol. The molecule has 0 bridgehead atoms. The summed E-state index contributed by atoms with van der Waals surface area (Å²) in [5, 5.41) is 2.54. The van der Waals surface area contributed by atoms with Crippen molar-refractivity contribution in [3.05, 3.63) is 64.6 Å². The quantitative estimate of drug-likeness (QED) is 0.626. The molecule has 0 aliphatic heterocycles. The molecule has 2 aromatic rings. The summed E-state index contributed by atoms with van der Waals surface area (Å²) in [4.78, 5) is 26.7. The highest BCUT2D eigenvalue weighted by atomic mass is 79.9. The Morgan fingerprint density at radius 2 is 1.66 bits per heavy atom. The summed E-state index contributed by atoms with van der Waals surface area (Å²) in [5.41, 5.74) is 1.21. The van der Waals surface area contributed by atoms with E-state index in [1.165, 1.54) is 11.9 Å². The Balaban J connectivity index is 2.34. The molecule has 1 N–H and O–H groups in total. The van der Waals surface area contributed by atoms with E-state index < -0.39 is 28.5 Å². The van der Waals surface area contributed by atoms with Crippen LogP contribution in [-0.4, -0.2) is 51.0 Å². The number of benzene rings is 2. The number of amides is 2. The SMILES string of the molecule is CNC(=O)[C@H](C)N(Cc1ccc(Br)cc1)C(=O)CN(c1ccccc1)S(C)(=O)=O. The van der Waals surface area contributed by atoms with Crippen LogP contribution in [0.4, 0.5) is 5.69 Å². The van der Waals surface area contributed by atoms with E-state index in [0.29, 0.717) is 5.69 Å². The summed E-state index contributed by atoms with van der Waals surface area (Å²) in [6, 6.07) is 15.0. The lowest BCUT2D eigenvalue weighted by Gasteiger charge is -2.31. The molecular formula is C20H24BrN3O4S. The Kier molecular flexibility index (Phi) is 7.80. The number of rotatable bonds is 8. The molecule has 9 heteroatoms. The van der Waals surface area contributed by atoms with E-state index in [2.05, 4.69) is 21.2 Å². The summed E-state index contributed by atoms with van der Waals surface area (Å²) >= 11 is 3.37. The first-order valence-electron chi connectivity index (χ1n) is 8.91. The zero-order valence-electron chi connectivity index (χ0n) is 16.5. The van der Waals surface area contributed by atoms with Crippen LogP contribution in [0.15, 0.2) is 59.1 Å². The second kappa shape index (κ2) is 9.89. The minimum absolute atomic E-state index is 0.174. The van der Waals surface area contributed by atoms with Gasteiger partial charge in [-0.1, -0.05) is 46.3 Å². The number of anilines is 1. The number of halogens is 1. The van der Waals surface area contributed by atoms with Gasteiger partial charge >= 0.3 is 0 Å². The standard InChI is InChI=1S/C20H24BrN3O4S/c1-15(20(26)22-2)23(13-16-9-11-17(21)12-10-16)19(25)14-24(29(3,27)28)18-7-5-4-6-8-18/h4-12,15H,13-14H2,1-3H3,(H,22,26)/t15-/m0/s1. The second-order valence-electron chi connectivity index (χ2n) is 6.54. The third-order valence-corrected chi connectivity index (χ3v) is 6.07. The van der Waals surface area contributed by atoms with E-state index in [0.717, 1.165) is 20.6 Å². The highest BCUT2D eigenvalue weighted by Gasteiger charge is 2.29. The number of nitrogens with one attached hydrogen (secondary N) is 1. The number of hydrogen-bond acceptors (Lipinski definition) is 4. The van der Waals surface area contributed by atoms with Crippen LogP contribution in [0.5, 0.6) is 0 Å². The lowest BCUT2D eigenvalue weighted by atomic mass is 10.1. The molecule has 0 heterocycles. The van der Waals surface area contributed by atoms with Gasteiger partial charge in [0.05, 0.1) is 11.9 Å². The summed E-state index contributed by atoms with van der Waals surface area (Å²) in [6.07, 6.45) is 1.05. The highest BCUT2D eigenvalue weighted by molar-refractivity contribution is 9.10. The van der Waals surface area contributed by atoms with Gasteiger partial charge in [0.1, 0.15) is 12.6 Å². The normalized spacial score (nSPS) is 12.1. The first-order chi connectivity index (χ1) is 13.6. The average molecular weight is 482 g/mol. The maximum absolute atomic E-state index is 13.1. The average Bonchev–Trinajstić information content (AvgIpc) is 2.70. The Morgan fingerprint density at radius 3 is 2.17 bits per heavy atom. The number of carbonyl (C=O) groups excluding carboxylic acids is 2. The Bertz CT molecular complexity index is 949. The molecule has 29 heavy (non-hydrogen) atoms. The Labute approximate surface area is 179 Å². The van der Waals surface area contributed by atoms with Crippen LogP contribution >= 0.6 is 15.9 Å². The molecule has 0 aromatic heterocycles. The fourth-order valence-corrected chi connectivity index (χ4v) is 3.90. The van der Waals surface area contributed by atoms with E-state index >= 15 is 0 Å². The van der Waals surface area contributed by atoms with Crippen molar-refractivity contribution in [1.29, 1.82) is 0 Å². The summed E-state index contributed by atoms with van der Waals surface area (Å²) < 4.78 is 26.6. The lowest BCUT2D eigenvalue weighted by molar-refractivity contribution is -0.139. The van der Waals surface area contributed by atoms with Crippen LogP contribution < -0.4 is 9.62 Å². The number of para-hydroxylation sites is 1. The fraction of sp³-hybridized carbons (Fsp3) is 0.300. The Hall–Kier alpha value is -2.39. The molecule has 2 amide bonds. The van der Waals surface area contributed by atoms with Crippen LogP contribution in [0.3, 0.4) is 0 Å². The fourth-order valence-electron chi connectivity index (χ4n) is 2.79. The summed E-state index contributed by atoms with van der Waals surface area (Å²) in [7, 11) is -2.20. The van der Waals surface area contributed by atoms with Crippen molar-refractivity contribution in [2.24, 2.45) is 0 Å². The van der Waals surface area contributed by atoms with Gasteiger partial charge < -0.3 is 10.2 Å². The zero-order chi connectivity index (χ0) is 21.6. The first kappa shape index (κ1) is 22.9. The van der Waals surface area contributed by atoms with Crippen LogP contribution in [0.2, 0.25) is 0 Å². The molecule has 1 atom stereocenters. The highest BCUT2D eigenvalue weighted by Crippen LogP contribution is 2.19. The van der Waals surface area contributed by atoms with Crippen molar-refractivity contribution in [3.8, 4) is 0 Å². The van der Waals surface area contributed by atoms with Gasteiger partial charge in [-0.2, -0.15) is 0 Å². The molecule has 0 unspecified atom stereocenters. The van der Waals surface area contributed by atoms with Gasteiger partial charge in [0.2, 0.25) is 21.8 Å². The van der Waals surface area contributed by atoms with Crippen molar-refractivity contribution in [2.45, 2.75) is 19.5 Å². The van der Waals surface area contributed by atoms with Crippen LogP contribution in [0.1, 0.15) is 12.5 Å². The molecule has 2 aromatic carbocycles. The van der Waals surface area contributed by atoms with Gasteiger partial charge in [-0.3, -0.25) is 13.9 Å². The van der Waals surface area contributed by atoms with Gasteiger partial charge in [-0.25, -0.2) is 8.42 Å². The molecule has 0 saturated heterocycles. The molecular weight excluding hydrogens is 458 g/mol. The van der Waals surface area contributed by atoms with Gasteiger partial charge in [0, 0.05) is 18.1 Å². The van der Waals surface area contributed by atoms with Gasteiger partial charge in [-0.05, 0) is 36.8 Å². The van der Waals surface area contributed by atoms with Crippen LogP contribution in [0, 0.1) is 0 Å². The number of likely N-dealkylation sites (N-methyl/N-ethyl adjacent to an activating group) is 1. The van der Waals surface area contributed by atoms with E-state index in [1.807, 2.05) is 24.3 Å². The van der Waals surface area contributed by atoms with Crippen molar-refractivity contribution in [2.75, 3.05) is 24.2 Å². The maximum atomic E-state index is 13.1. The number of nitrogens with zero attached hydrogens (tertiary/aromatic N) is 2. The van der Waals surface area contributed by atoms with Gasteiger partial charge in [0.25, 0.3) is 0 Å². The second-order valence-corrected chi connectivity index (χ2v) is 9.37. The number of carbonyl (C=O) groups is 2. The maximum Gasteiger partial charge on any atom is 0.244 e. The number of sulfonamides is 1. The predicted octanol–water partition coefficient (Wildman–Crippen LogP) is 2.38. The lowest BCUT2D eigenvalue weighted by Crippen LogP contribution is -2.50. The molecule has 156 valence electrons. The summed E-state index contributed by atoms with van der Waals surface area (Å²) in [6.45, 7) is 1.39. The molecule has 0 saturated carbocycles. The minimum atomic E-state index is -3.70. The van der Waals surface area contributed by atoms with E-state index in [9.17, 15) is 18.0 Å². The number of hydrogen-bond donors (Lipinski definition) is 1. The van der Waals surface area contributed by atoms with E-state index in [4.69, 9.17) is 0 Å². The zero-order valence-corrected chi connectivity index (χ0v) is 18.9. The summed E-state index contributed by atoms with van der Waals surface area (Å²) in [5.74, 6) is -0.806. The molecule has 0 spiro atoms. The minimum Gasteiger partial charge on any atom is -0.357 e. The van der Waals surface area contributed by atoms with E-state index in [1.54, 1.807) is 37.3 Å². The van der Waals surface area contributed by atoms with Gasteiger partial charge in [-0.15, -0.1) is 0 Å². The van der Waals surface area contributed by atoms with Crippen LogP contribution in [0.25, 0.3) is 0 Å². The molecule has 2 rings (SSSR count). The Morgan fingerprint density at radius 1 is 1.07 bits per heavy atom. The predicted molar refractivity (Wildman–Crippen MR) is 117 cm³/mol. The molecule has 0 aliphatic carbocycles. The largest absolute Gasteiger partial charge is 0.357 e. The molecule has 0 radical (unpaired) electrons. The van der Waals surface area contributed by atoms with Crippen molar-refractivity contribution in [3.63, 3.8) is 0 Å². The first-order valence-corrected chi connectivity index (χ1v) is 11.6. The smallest absolute Gasteiger partial charge is 0.244 e. The van der Waals surface area contributed by atoms with Crippen molar-refractivity contribution < 1.29 is 18.0 Å².